The summed E-state index contributed by atoms with van der Waals surface area (Å²) in [4.78, 5) is 10.7. The highest BCUT2D eigenvalue weighted by molar-refractivity contribution is 5.50. The van der Waals surface area contributed by atoms with Crippen molar-refractivity contribution in [3.8, 4) is 6.07 Å². The summed E-state index contributed by atoms with van der Waals surface area (Å²) in [5, 5.41) is 20.7. The summed E-state index contributed by atoms with van der Waals surface area (Å²) in [6.45, 7) is 3.84. The molecule has 1 fully saturated rings. The van der Waals surface area contributed by atoms with Gasteiger partial charge >= 0.3 is 0 Å². The molecule has 1 aromatic carbocycles. The van der Waals surface area contributed by atoms with Crippen LogP contribution in [-0.2, 0) is 10.2 Å². The number of allylic oxidation sites excluding steroid dienone is 1. The van der Waals surface area contributed by atoms with Crippen molar-refractivity contribution in [2.45, 2.75) is 31.5 Å². The fourth-order valence-corrected chi connectivity index (χ4v) is 3.63. The number of hydrogen-bond donors (Lipinski definition) is 3. The lowest BCUT2D eigenvalue weighted by Crippen LogP contribution is -2.50. The third-order valence-electron chi connectivity index (χ3n) is 4.77. The van der Waals surface area contributed by atoms with Crippen molar-refractivity contribution in [1.82, 2.24) is 10.9 Å². The predicted molar refractivity (Wildman–Crippen MR) is 81.4 cm³/mol. The van der Waals surface area contributed by atoms with E-state index < -0.39 is 16.6 Å². The maximum Gasteiger partial charge on any atom is 0.269 e. The fraction of sp³-hybridized carbons (Fsp3) is 0.400. The zero-order chi connectivity index (χ0) is 16.8. The Morgan fingerprint density at radius 1 is 1.48 bits per heavy atom. The third-order valence-corrected chi connectivity index (χ3v) is 4.77. The van der Waals surface area contributed by atoms with E-state index in [9.17, 15) is 15.4 Å². The number of nitrogens with zero attached hydrogens (tertiary/aromatic N) is 2. The second-order valence-electron chi connectivity index (χ2n) is 6.00. The van der Waals surface area contributed by atoms with E-state index in [1.54, 1.807) is 12.1 Å². The first-order valence-corrected chi connectivity index (χ1v) is 7.22. The number of ether oxygens (including phenoxy) is 1. The maximum absolute atomic E-state index is 11.1. The van der Waals surface area contributed by atoms with Gasteiger partial charge < -0.3 is 10.5 Å². The van der Waals surface area contributed by atoms with E-state index in [0.717, 1.165) is 0 Å². The van der Waals surface area contributed by atoms with Gasteiger partial charge in [-0.1, -0.05) is 12.1 Å². The zero-order valence-electron chi connectivity index (χ0n) is 12.7. The fourth-order valence-electron chi connectivity index (χ4n) is 3.63. The predicted octanol–water partition coefficient (Wildman–Crippen LogP) is 1.02. The Bertz CT molecular complexity index is 741. The van der Waals surface area contributed by atoms with Crippen LogP contribution in [0.1, 0.15) is 19.4 Å². The summed E-state index contributed by atoms with van der Waals surface area (Å²) in [5.41, 5.74) is 12.2. The molecule has 120 valence electrons. The first-order valence-electron chi connectivity index (χ1n) is 7.22. The van der Waals surface area contributed by atoms with Crippen LogP contribution in [0, 0.1) is 27.4 Å². The van der Waals surface area contributed by atoms with Gasteiger partial charge in [-0.25, -0.2) is 5.43 Å². The molecule has 3 rings (SSSR count). The highest BCUT2D eigenvalue weighted by atomic mass is 16.6. The first kappa shape index (κ1) is 15.3. The Morgan fingerprint density at radius 2 is 2.22 bits per heavy atom. The van der Waals surface area contributed by atoms with Crippen LogP contribution < -0.4 is 16.6 Å². The summed E-state index contributed by atoms with van der Waals surface area (Å²) in [6, 6.07) is 8.44. The minimum Gasteiger partial charge on any atom is -0.458 e. The first-order chi connectivity index (χ1) is 10.9. The molecular weight excluding hydrogens is 298 g/mol. The van der Waals surface area contributed by atoms with Gasteiger partial charge in [0.15, 0.2) is 6.23 Å². The highest BCUT2D eigenvalue weighted by Crippen LogP contribution is 2.48. The quantitative estimate of drug-likeness (QED) is 0.549. The van der Waals surface area contributed by atoms with Gasteiger partial charge in [0, 0.05) is 29.5 Å². The van der Waals surface area contributed by atoms with E-state index >= 15 is 0 Å². The molecule has 1 saturated heterocycles. The number of rotatable bonds is 2. The van der Waals surface area contributed by atoms with Crippen molar-refractivity contribution in [3.63, 3.8) is 0 Å². The average Bonchev–Trinajstić information content (AvgIpc) is 2.89. The third kappa shape index (κ3) is 2.13. The number of nitrogens with one attached hydrogen (secondary N) is 2. The van der Waals surface area contributed by atoms with Crippen molar-refractivity contribution in [3.05, 3.63) is 51.4 Å². The lowest BCUT2D eigenvalue weighted by atomic mass is 9.63. The number of non-ortho nitro benzene ring substituents is 1. The minimum absolute atomic E-state index is 0.0132. The normalized spacial score (nSPS) is 32.8. The van der Waals surface area contributed by atoms with Crippen LogP contribution in [0.4, 0.5) is 5.69 Å². The molecule has 1 aromatic rings. The van der Waals surface area contributed by atoms with E-state index in [2.05, 4.69) is 16.9 Å². The zero-order valence-corrected chi connectivity index (χ0v) is 12.7. The molecule has 8 heteroatoms. The Kier molecular flexibility index (Phi) is 3.47. The van der Waals surface area contributed by atoms with Gasteiger partial charge in [0.25, 0.3) is 5.69 Å². The Hall–Kier alpha value is -2.63. The summed E-state index contributed by atoms with van der Waals surface area (Å²) < 4.78 is 5.61. The van der Waals surface area contributed by atoms with Crippen molar-refractivity contribution < 1.29 is 9.66 Å². The van der Waals surface area contributed by atoms with Gasteiger partial charge in [-0.3, -0.25) is 15.5 Å². The van der Waals surface area contributed by atoms with E-state index in [1.807, 2.05) is 13.8 Å². The average molecular weight is 315 g/mol. The lowest BCUT2D eigenvalue weighted by Gasteiger charge is -2.43. The molecular formula is C15H17N5O3. The number of nitro groups is 1. The van der Waals surface area contributed by atoms with Crippen LogP contribution in [-0.4, -0.2) is 17.2 Å². The van der Waals surface area contributed by atoms with Crippen LogP contribution in [0.2, 0.25) is 0 Å². The molecule has 0 radical (unpaired) electrons. The van der Waals surface area contributed by atoms with Crippen LogP contribution >= 0.6 is 0 Å². The molecule has 8 nitrogen and oxygen atoms in total. The number of fused-ring (bicyclic) bond motifs is 1. The standard InChI is InChI=1S/C15H17N5O3/c1-8-12-14(19-18-8)23-13(17)11(7-16)15(12,2)9-4-3-5-10(6-9)20(21)22/h3-6,8,12,14,18-19H,17H2,1-2H3. The van der Waals surface area contributed by atoms with Gasteiger partial charge in [-0.15, -0.1) is 0 Å². The highest BCUT2D eigenvalue weighted by Gasteiger charge is 2.54. The summed E-state index contributed by atoms with van der Waals surface area (Å²) in [6.07, 6.45) is -0.411. The van der Waals surface area contributed by atoms with Crippen molar-refractivity contribution in [1.29, 1.82) is 5.26 Å². The van der Waals surface area contributed by atoms with Crippen LogP contribution in [0.25, 0.3) is 0 Å². The van der Waals surface area contributed by atoms with Gasteiger partial charge in [0.05, 0.1) is 10.5 Å². The topological polar surface area (TPSA) is 126 Å². The lowest BCUT2D eigenvalue weighted by molar-refractivity contribution is -0.385. The van der Waals surface area contributed by atoms with Crippen LogP contribution in [0.5, 0.6) is 0 Å². The number of benzene rings is 1. The van der Waals surface area contributed by atoms with Crippen molar-refractivity contribution in [2.75, 3.05) is 0 Å². The molecule has 4 unspecified atom stereocenters. The van der Waals surface area contributed by atoms with Crippen molar-refractivity contribution in [2.24, 2.45) is 11.7 Å². The molecule has 0 bridgehead atoms. The number of nitriles is 1. The Balaban J connectivity index is 2.22. The van der Waals surface area contributed by atoms with Gasteiger partial charge in [0.1, 0.15) is 6.07 Å². The van der Waals surface area contributed by atoms with Gasteiger partial charge in [-0.05, 0) is 19.4 Å². The molecule has 0 saturated carbocycles. The molecule has 4 atom stereocenters. The molecule has 2 aliphatic heterocycles. The number of hydrogen-bond acceptors (Lipinski definition) is 7. The smallest absolute Gasteiger partial charge is 0.269 e. The van der Waals surface area contributed by atoms with Crippen LogP contribution in [0.3, 0.4) is 0 Å². The summed E-state index contributed by atoms with van der Waals surface area (Å²) in [5.74, 6) is -0.0994. The molecule has 0 aromatic heterocycles. The molecule has 0 amide bonds. The Labute approximate surface area is 133 Å². The number of hydrazine groups is 1. The van der Waals surface area contributed by atoms with E-state index in [1.165, 1.54) is 12.1 Å². The number of nitro benzene ring substituents is 1. The molecule has 2 heterocycles. The second kappa shape index (κ2) is 5.22. The second-order valence-corrected chi connectivity index (χ2v) is 6.00. The van der Waals surface area contributed by atoms with Crippen LogP contribution in [0.15, 0.2) is 35.7 Å². The van der Waals surface area contributed by atoms with E-state index in [-0.39, 0.29) is 29.1 Å². The van der Waals surface area contributed by atoms with Crippen molar-refractivity contribution >= 4 is 5.69 Å². The molecule has 4 N–H and O–H groups in total. The van der Waals surface area contributed by atoms with Gasteiger partial charge in [-0.2, -0.15) is 5.26 Å². The summed E-state index contributed by atoms with van der Waals surface area (Å²) >= 11 is 0. The molecule has 0 aliphatic carbocycles. The molecule has 23 heavy (non-hydrogen) atoms. The number of nitrogens with two attached hydrogens (primary N) is 1. The molecule has 0 spiro atoms. The maximum atomic E-state index is 11.1. The minimum atomic E-state index is -0.802. The molecule has 2 aliphatic rings. The largest absolute Gasteiger partial charge is 0.458 e. The summed E-state index contributed by atoms with van der Waals surface area (Å²) in [7, 11) is 0. The van der Waals surface area contributed by atoms with E-state index in [4.69, 9.17) is 10.5 Å². The Morgan fingerprint density at radius 3 is 2.87 bits per heavy atom. The van der Waals surface area contributed by atoms with Gasteiger partial charge in [0.2, 0.25) is 5.88 Å². The van der Waals surface area contributed by atoms with E-state index in [0.29, 0.717) is 5.56 Å². The SMILES string of the molecule is CC1NNC2OC(N)=C(C#N)C(C)(c3cccc([N+](=O)[O-])c3)C12. The monoisotopic (exact) mass is 315 g/mol.